The van der Waals surface area contributed by atoms with Crippen molar-refractivity contribution in [3.63, 3.8) is 0 Å². The summed E-state index contributed by atoms with van der Waals surface area (Å²) in [6, 6.07) is -4.31. The third-order valence-electron chi connectivity index (χ3n) is 7.02. The number of aliphatic carboxylic acids is 1. The number of carboxylic acid groups (broad SMARTS) is 1. The first-order valence-electron chi connectivity index (χ1n) is 14.0. The van der Waals surface area contributed by atoms with Crippen molar-refractivity contribution in [3.8, 4) is 0 Å². The van der Waals surface area contributed by atoms with E-state index in [1.807, 2.05) is 0 Å². The lowest BCUT2D eigenvalue weighted by Gasteiger charge is -2.32. The SMILES string of the molecule is CC(C)[C@H](NC(=O)Cn1c(=O)c(CN(C)C)cn(CC(=O)O)c1=O)C(=O)N1CCC[C@H]1C(=O)N[C@H](C(=O)C(F)(F)F)C(C)C. The van der Waals surface area contributed by atoms with Crippen LogP contribution in [-0.2, 0) is 43.6 Å². The summed E-state index contributed by atoms with van der Waals surface area (Å²) < 4.78 is 40.6. The summed E-state index contributed by atoms with van der Waals surface area (Å²) in [6.07, 6.45) is -3.62. The summed E-state index contributed by atoms with van der Waals surface area (Å²) >= 11 is 0. The molecule has 17 heteroatoms. The summed E-state index contributed by atoms with van der Waals surface area (Å²) in [5.41, 5.74) is -1.82. The molecule has 1 aliphatic heterocycles. The average molecular weight is 633 g/mol. The molecule has 246 valence electrons. The lowest BCUT2D eigenvalue weighted by atomic mass is 9.98. The zero-order valence-electron chi connectivity index (χ0n) is 25.4. The molecule has 1 fully saturated rings. The molecule has 44 heavy (non-hydrogen) atoms. The van der Waals surface area contributed by atoms with E-state index in [1.165, 1.54) is 13.8 Å². The largest absolute Gasteiger partial charge is 0.480 e. The van der Waals surface area contributed by atoms with Gasteiger partial charge in [-0.15, -0.1) is 0 Å². The Morgan fingerprint density at radius 2 is 1.59 bits per heavy atom. The number of ketones is 1. The average Bonchev–Trinajstić information content (AvgIpc) is 3.39. The van der Waals surface area contributed by atoms with Gasteiger partial charge >= 0.3 is 17.8 Å². The molecule has 2 heterocycles. The molecular formula is C27H39F3N6O8. The summed E-state index contributed by atoms with van der Waals surface area (Å²) in [7, 11) is 3.29. The number of nitrogens with zero attached hydrogens (tertiary/aromatic N) is 4. The van der Waals surface area contributed by atoms with Gasteiger partial charge < -0.3 is 25.5 Å². The number of amides is 3. The molecule has 0 bridgehead atoms. The third kappa shape index (κ3) is 9.00. The first kappa shape index (κ1) is 36.2. The van der Waals surface area contributed by atoms with E-state index in [0.717, 1.165) is 15.7 Å². The standard InChI is InChI=1S/C27H39F3N6O8/c1-14(2)20(22(40)27(28,29)30)32-23(41)17-8-7-9-35(17)25(43)21(15(3)4)31-18(37)12-36-24(42)16(10-33(5)6)11-34(26(36)44)13-19(38)39/h11,14-15,17,20-21H,7-10,12-13H2,1-6H3,(H,31,37)(H,32,41)(H,38,39)/t17-,20-,21-/m0/s1. The summed E-state index contributed by atoms with van der Waals surface area (Å²) in [6.45, 7) is 4.36. The minimum absolute atomic E-state index is 0.0398. The van der Waals surface area contributed by atoms with Gasteiger partial charge in [-0.25, -0.2) is 4.79 Å². The number of alkyl halides is 3. The number of carbonyl (C=O) groups excluding carboxylic acids is 4. The smallest absolute Gasteiger partial charge is 0.452 e. The highest BCUT2D eigenvalue weighted by Crippen LogP contribution is 2.24. The molecule has 0 radical (unpaired) electrons. The van der Waals surface area contributed by atoms with Gasteiger partial charge in [0.05, 0.1) is 6.04 Å². The van der Waals surface area contributed by atoms with E-state index >= 15 is 0 Å². The zero-order valence-corrected chi connectivity index (χ0v) is 25.4. The van der Waals surface area contributed by atoms with Crippen molar-refractivity contribution in [3.05, 3.63) is 32.6 Å². The molecule has 1 aromatic heterocycles. The maximum Gasteiger partial charge on any atom is 0.452 e. The van der Waals surface area contributed by atoms with E-state index in [1.54, 1.807) is 32.8 Å². The number of Topliss-reactive ketones (excluding diaryl/α,β-unsaturated/α-hetero) is 1. The number of carbonyl (C=O) groups is 5. The van der Waals surface area contributed by atoms with Crippen LogP contribution in [-0.4, -0.2) is 98.5 Å². The fourth-order valence-corrected chi connectivity index (χ4v) is 4.88. The highest BCUT2D eigenvalue weighted by molar-refractivity contribution is 5.96. The molecule has 1 aliphatic rings. The molecule has 0 aliphatic carbocycles. The highest BCUT2D eigenvalue weighted by Gasteiger charge is 2.46. The molecule has 14 nitrogen and oxygen atoms in total. The van der Waals surface area contributed by atoms with Crippen molar-refractivity contribution in [1.82, 2.24) is 29.6 Å². The van der Waals surface area contributed by atoms with Crippen LogP contribution in [0.25, 0.3) is 0 Å². The maximum atomic E-state index is 13.6. The number of carboxylic acids is 1. The second-order valence-electron chi connectivity index (χ2n) is 11.7. The van der Waals surface area contributed by atoms with E-state index in [0.29, 0.717) is 11.0 Å². The van der Waals surface area contributed by atoms with Crippen molar-refractivity contribution in [2.24, 2.45) is 11.8 Å². The number of nitrogens with one attached hydrogen (secondary N) is 2. The predicted molar refractivity (Wildman–Crippen MR) is 149 cm³/mol. The Kier molecular flexibility index (Phi) is 12.0. The minimum Gasteiger partial charge on any atom is -0.480 e. The van der Waals surface area contributed by atoms with Gasteiger partial charge in [-0.2, -0.15) is 13.2 Å². The quantitative estimate of drug-likeness (QED) is 0.260. The fourth-order valence-electron chi connectivity index (χ4n) is 4.88. The zero-order chi connectivity index (χ0) is 33.7. The molecule has 1 aromatic rings. The van der Waals surface area contributed by atoms with Crippen LogP contribution < -0.4 is 21.9 Å². The summed E-state index contributed by atoms with van der Waals surface area (Å²) in [4.78, 5) is 91.4. The molecule has 0 spiro atoms. The van der Waals surface area contributed by atoms with Crippen molar-refractivity contribution in [2.45, 2.75) is 84.5 Å². The molecule has 1 saturated heterocycles. The lowest BCUT2D eigenvalue weighted by Crippen LogP contribution is -2.58. The van der Waals surface area contributed by atoms with E-state index < -0.39 is 90.0 Å². The predicted octanol–water partition coefficient (Wildman–Crippen LogP) is -0.440. The van der Waals surface area contributed by atoms with Crippen LogP contribution in [0.15, 0.2) is 15.8 Å². The second-order valence-corrected chi connectivity index (χ2v) is 11.7. The van der Waals surface area contributed by atoms with Crippen molar-refractivity contribution in [1.29, 1.82) is 0 Å². The second kappa shape index (κ2) is 14.6. The minimum atomic E-state index is -5.18. The maximum absolute atomic E-state index is 13.6. The molecule has 0 saturated carbocycles. The van der Waals surface area contributed by atoms with E-state index in [9.17, 15) is 51.8 Å². The topological polar surface area (TPSA) is 180 Å². The van der Waals surface area contributed by atoms with Gasteiger partial charge in [0.15, 0.2) is 0 Å². The number of hydrogen-bond donors (Lipinski definition) is 3. The van der Waals surface area contributed by atoms with Gasteiger partial charge in [0, 0.05) is 24.8 Å². The van der Waals surface area contributed by atoms with E-state index in [4.69, 9.17) is 0 Å². The van der Waals surface area contributed by atoms with Crippen molar-refractivity contribution >= 4 is 29.5 Å². The van der Waals surface area contributed by atoms with Crippen LogP contribution in [0.1, 0.15) is 46.1 Å². The van der Waals surface area contributed by atoms with Crippen molar-refractivity contribution < 1.29 is 42.3 Å². The Labute approximate surface area is 251 Å². The Hall–Kier alpha value is -4.02. The van der Waals surface area contributed by atoms with Crippen molar-refractivity contribution in [2.75, 3.05) is 20.6 Å². The van der Waals surface area contributed by atoms with Gasteiger partial charge in [0.25, 0.3) is 11.3 Å². The normalized spacial score (nSPS) is 16.7. The van der Waals surface area contributed by atoms with Gasteiger partial charge in [-0.05, 0) is 38.8 Å². The van der Waals surface area contributed by atoms with Gasteiger partial charge in [-0.3, -0.25) is 37.9 Å². The van der Waals surface area contributed by atoms with E-state index in [-0.39, 0.29) is 25.1 Å². The molecule has 0 aromatic carbocycles. The molecular weight excluding hydrogens is 593 g/mol. The lowest BCUT2D eigenvalue weighted by molar-refractivity contribution is -0.175. The number of rotatable bonds is 13. The Morgan fingerprint density at radius 1 is 1.00 bits per heavy atom. The molecule has 3 atom stereocenters. The molecule has 3 amide bonds. The van der Waals surface area contributed by atoms with Crippen LogP contribution in [0, 0.1) is 11.8 Å². The molecule has 2 rings (SSSR count). The Balaban J connectivity index is 2.30. The number of halogens is 3. The number of hydrogen-bond acceptors (Lipinski definition) is 8. The van der Waals surface area contributed by atoms with Crippen LogP contribution in [0.5, 0.6) is 0 Å². The monoisotopic (exact) mass is 632 g/mol. The van der Waals surface area contributed by atoms with Crippen LogP contribution in [0.3, 0.4) is 0 Å². The molecule has 0 unspecified atom stereocenters. The van der Waals surface area contributed by atoms with Gasteiger partial charge in [-0.1, -0.05) is 27.7 Å². The van der Waals surface area contributed by atoms with Crippen LogP contribution in [0.2, 0.25) is 0 Å². The third-order valence-corrected chi connectivity index (χ3v) is 7.02. The number of aromatic nitrogens is 2. The first-order valence-corrected chi connectivity index (χ1v) is 14.0. The Bertz CT molecular complexity index is 1380. The Morgan fingerprint density at radius 3 is 2.09 bits per heavy atom. The fraction of sp³-hybridized carbons (Fsp3) is 0.667. The summed E-state index contributed by atoms with van der Waals surface area (Å²) in [5.74, 6) is -7.50. The highest BCUT2D eigenvalue weighted by atomic mass is 19.4. The van der Waals surface area contributed by atoms with Gasteiger partial charge in [0.1, 0.15) is 25.2 Å². The van der Waals surface area contributed by atoms with Crippen LogP contribution >= 0.6 is 0 Å². The van der Waals surface area contributed by atoms with Crippen LogP contribution in [0.4, 0.5) is 13.2 Å². The first-order chi connectivity index (χ1) is 20.3. The van der Waals surface area contributed by atoms with Gasteiger partial charge in [0.2, 0.25) is 17.7 Å². The van der Waals surface area contributed by atoms with E-state index in [2.05, 4.69) is 10.6 Å². The molecule has 3 N–H and O–H groups in total. The summed E-state index contributed by atoms with van der Waals surface area (Å²) in [5, 5.41) is 13.8. The number of likely N-dealkylation sites (tertiary alicyclic amines) is 1.